The van der Waals surface area contributed by atoms with Crippen LogP contribution in [0.5, 0.6) is 0 Å². The van der Waals surface area contributed by atoms with E-state index in [1.807, 2.05) is 0 Å². The summed E-state index contributed by atoms with van der Waals surface area (Å²) < 4.78 is 6.72. The lowest BCUT2D eigenvalue weighted by Gasteiger charge is -2.07. The molecular formula is C11H4Br2ClNO. The van der Waals surface area contributed by atoms with Crippen LogP contribution in [-0.4, -0.2) is 0 Å². The Morgan fingerprint density at radius 2 is 2.06 bits per heavy atom. The van der Waals surface area contributed by atoms with Gasteiger partial charge in [-0.25, -0.2) is 0 Å². The van der Waals surface area contributed by atoms with Gasteiger partial charge in [0.15, 0.2) is 0 Å². The van der Waals surface area contributed by atoms with Crippen molar-refractivity contribution in [2.45, 2.75) is 0 Å². The van der Waals surface area contributed by atoms with E-state index in [2.05, 4.69) is 37.9 Å². The van der Waals surface area contributed by atoms with E-state index in [1.54, 1.807) is 24.5 Å². The molecule has 16 heavy (non-hydrogen) atoms. The third-order valence-electron chi connectivity index (χ3n) is 2.05. The molecule has 2 nitrogen and oxygen atoms in total. The van der Waals surface area contributed by atoms with Crippen molar-refractivity contribution in [2.75, 3.05) is 0 Å². The fraction of sp³-hybridized carbons (Fsp3) is 0. The predicted octanol–water partition coefficient (Wildman–Crippen LogP) is 5.00. The molecule has 2 rings (SSSR count). The van der Waals surface area contributed by atoms with Crippen LogP contribution < -0.4 is 0 Å². The highest BCUT2D eigenvalue weighted by Crippen LogP contribution is 2.39. The quantitative estimate of drug-likeness (QED) is 0.671. The molecule has 0 spiro atoms. The topological polar surface area (TPSA) is 36.9 Å². The zero-order valence-electron chi connectivity index (χ0n) is 7.80. The molecule has 0 aliphatic rings. The van der Waals surface area contributed by atoms with Crippen LogP contribution in [0.2, 0.25) is 5.02 Å². The Balaban J connectivity index is 2.80. The Labute approximate surface area is 114 Å². The van der Waals surface area contributed by atoms with Gasteiger partial charge < -0.3 is 4.42 Å². The summed E-state index contributed by atoms with van der Waals surface area (Å²) in [6, 6.07) is 7.42. The first-order valence-electron chi connectivity index (χ1n) is 4.26. The highest BCUT2D eigenvalue weighted by molar-refractivity contribution is 9.11. The lowest BCUT2D eigenvalue weighted by atomic mass is 10.1. The van der Waals surface area contributed by atoms with Crippen LogP contribution in [-0.2, 0) is 0 Å². The summed E-state index contributed by atoms with van der Waals surface area (Å²) >= 11 is 12.7. The fourth-order valence-corrected chi connectivity index (χ4v) is 2.91. The van der Waals surface area contributed by atoms with Gasteiger partial charge in [-0.15, -0.1) is 0 Å². The summed E-state index contributed by atoms with van der Waals surface area (Å²) in [6.45, 7) is 0. The molecule has 1 aromatic heterocycles. The fourth-order valence-electron chi connectivity index (χ4n) is 1.36. The van der Waals surface area contributed by atoms with Crippen molar-refractivity contribution < 1.29 is 4.42 Å². The Morgan fingerprint density at radius 3 is 2.62 bits per heavy atom. The molecule has 0 radical (unpaired) electrons. The Morgan fingerprint density at radius 1 is 1.31 bits per heavy atom. The third-order valence-corrected chi connectivity index (χ3v) is 3.92. The summed E-state index contributed by atoms with van der Waals surface area (Å²) in [5.74, 6) is 0.609. The second kappa shape index (κ2) is 4.62. The van der Waals surface area contributed by atoms with E-state index in [0.717, 1.165) is 4.47 Å². The number of nitriles is 1. The van der Waals surface area contributed by atoms with Crippen molar-refractivity contribution in [2.24, 2.45) is 0 Å². The minimum Gasteiger partial charge on any atom is -0.464 e. The lowest BCUT2D eigenvalue weighted by Crippen LogP contribution is -1.88. The zero-order chi connectivity index (χ0) is 11.7. The lowest BCUT2D eigenvalue weighted by molar-refractivity contribution is 0.582. The first kappa shape index (κ1) is 11.7. The number of halogens is 3. The van der Waals surface area contributed by atoms with Crippen molar-refractivity contribution in [3.8, 4) is 17.4 Å². The van der Waals surface area contributed by atoms with Crippen molar-refractivity contribution in [1.29, 1.82) is 5.26 Å². The molecule has 0 saturated carbocycles. The van der Waals surface area contributed by atoms with Crippen LogP contribution in [0.3, 0.4) is 0 Å². The first-order valence-corrected chi connectivity index (χ1v) is 6.23. The molecule has 5 heteroatoms. The average molecular weight is 361 g/mol. The van der Waals surface area contributed by atoms with Gasteiger partial charge in [-0.3, -0.25) is 0 Å². The predicted molar refractivity (Wildman–Crippen MR) is 69.3 cm³/mol. The smallest absolute Gasteiger partial charge is 0.136 e. The Kier molecular flexibility index (Phi) is 3.38. The Bertz CT molecular complexity index is 573. The standard InChI is InChI=1S/C11H4Br2ClNO/c12-7-4-8(13)11(14)6(5-15)10(7)9-2-1-3-16-9/h1-4H. The van der Waals surface area contributed by atoms with Crippen LogP contribution >= 0.6 is 43.5 Å². The van der Waals surface area contributed by atoms with Gasteiger partial charge in [-0.2, -0.15) is 5.26 Å². The first-order chi connectivity index (χ1) is 7.65. The van der Waals surface area contributed by atoms with E-state index in [4.69, 9.17) is 21.3 Å². The van der Waals surface area contributed by atoms with Gasteiger partial charge in [-0.05, 0) is 50.1 Å². The highest BCUT2D eigenvalue weighted by Gasteiger charge is 2.17. The summed E-state index contributed by atoms with van der Waals surface area (Å²) in [4.78, 5) is 0. The molecule has 0 N–H and O–H groups in total. The molecule has 0 amide bonds. The van der Waals surface area contributed by atoms with E-state index < -0.39 is 0 Å². The number of rotatable bonds is 1. The maximum atomic E-state index is 9.13. The van der Waals surface area contributed by atoms with Crippen LogP contribution in [0.4, 0.5) is 0 Å². The molecule has 0 fully saturated rings. The summed E-state index contributed by atoms with van der Waals surface area (Å²) in [5.41, 5.74) is 1.05. The van der Waals surface area contributed by atoms with Crippen LogP contribution in [0, 0.1) is 11.3 Å². The van der Waals surface area contributed by atoms with Gasteiger partial charge in [0.2, 0.25) is 0 Å². The highest BCUT2D eigenvalue weighted by atomic mass is 79.9. The van der Waals surface area contributed by atoms with Crippen LogP contribution in [0.25, 0.3) is 11.3 Å². The monoisotopic (exact) mass is 359 g/mol. The maximum Gasteiger partial charge on any atom is 0.136 e. The molecule has 0 saturated heterocycles. The van der Waals surface area contributed by atoms with Crippen molar-refractivity contribution in [3.63, 3.8) is 0 Å². The molecule has 0 atom stereocenters. The van der Waals surface area contributed by atoms with Gasteiger partial charge >= 0.3 is 0 Å². The summed E-state index contributed by atoms with van der Waals surface area (Å²) in [7, 11) is 0. The molecule has 0 aliphatic heterocycles. The molecular weight excluding hydrogens is 357 g/mol. The molecule has 1 heterocycles. The molecule has 0 unspecified atom stereocenters. The van der Waals surface area contributed by atoms with E-state index >= 15 is 0 Å². The number of hydrogen-bond acceptors (Lipinski definition) is 2. The van der Waals surface area contributed by atoms with Crippen molar-refractivity contribution in [1.82, 2.24) is 0 Å². The minimum absolute atomic E-state index is 0.386. The Hall–Kier alpha value is -0.760. The average Bonchev–Trinajstić information content (AvgIpc) is 2.76. The van der Waals surface area contributed by atoms with Crippen molar-refractivity contribution >= 4 is 43.5 Å². The van der Waals surface area contributed by atoms with Crippen molar-refractivity contribution in [3.05, 3.63) is 44.0 Å². The van der Waals surface area contributed by atoms with Gasteiger partial charge in [0, 0.05) is 8.95 Å². The second-order valence-corrected chi connectivity index (χ2v) is 5.08. The van der Waals surface area contributed by atoms with E-state index in [9.17, 15) is 0 Å². The van der Waals surface area contributed by atoms with E-state index in [1.165, 1.54) is 0 Å². The van der Waals surface area contributed by atoms with Gasteiger partial charge in [0.25, 0.3) is 0 Å². The number of furan rings is 1. The van der Waals surface area contributed by atoms with Crippen LogP contribution in [0.1, 0.15) is 5.56 Å². The third kappa shape index (κ3) is 1.91. The zero-order valence-corrected chi connectivity index (χ0v) is 11.7. The largest absolute Gasteiger partial charge is 0.464 e. The second-order valence-electron chi connectivity index (χ2n) is 2.99. The number of hydrogen-bond donors (Lipinski definition) is 0. The molecule has 0 aliphatic carbocycles. The van der Waals surface area contributed by atoms with Gasteiger partial charge in [-0.1, -0.05) is 11.6 Å². The van der Waals surface area contributed by atoms with Gasteiger partial charge in [0.05, 0.1) is 22.4 Å². The van der Waals surface area contributed by atoms with Crippen LogP contribution in [0.15, 0.2) is 37.8 Å². The molecule has 2 aromatic rings. The number of nitrogens with zero attached hydrogens (tertiary/aromatic N) is 1. The molecule has 0 bridgehead atoms. The summed E-state index contributed by atoms with van der Waals surface area (Å²) in [5, 5.41) is 9.52. The van der Waals surface area contributed by atoms with E-state index in [0.29, 0.717) is 26.4 Å². The molecule has 1 aromatic carbocycles. The summed E-state index contributed by atoms with van der Waals surface area (Å²) in [6.07, 6.45) is 1.55. The SMILES string of the molecule is N#Cc1c(Cl)c(Br)cc(Br)c1-c1ccco1. The normalized spacial score (nSPS) is 10.1. The number of benzene rings is 1. The molecule has 80 valence electrons. The maximum absolute atomic E-state index is 9.13. The minimum atomic E-state index is 0.386. The van der Waals surface area contributed by atoms with Gasteiger partial charge in [0.1, 0.15) is 11.8 Å². The van der Waals surface area contributed by atoms with E-state index in [-0.39, 0.29) is 0 Å².